The van der Waals surface area contributed by atoms with Crippen molar-refractivity contribution in [2.24, 2.45) is 0 Å². The Hall–Kier alpha value is -2.01. The molecule has 116 valence electrons. The van der Waals surface area contributed by atoms with Gasteiger partial charge in [0.05, 0.1) is 5.69 Å². The third-order valence-corrected chi connectivity index (χ3v) is 4.04. The number of rotatable bonds is 4. The molecule has 2 aromatic rings. The van der Waals surface area contributed by atoms with Crippen LogP contribution in [0.4, 0.5) is 10.5 Å². The van der Waals surface area contributed by atoms with Crippen LogP contribution in [-0.4, -0.2) is 12.8 Å². The first-order valence-electron chi connectivity index (χ1n) is 6.97. The number of hydrogen-bond donors (Lipinski definition) is 2. The molecule has 0 atom stereocenters. The van der Waals surface area contributed by atoms with Crippen molar-refractivity contribution in [1.29, 1.82) is 0 Å². The fraction of sp³-hybridized carbons (Fsp3) is 0.235. The van der Waals surface area contributed by atoms with Gasteiger partial charge in [0.1, 0.15) is 5.75 Å². The monoisotopic (exact) mass is 362 g/mol. The average molecular weight is 363 g/mol. The highest BCUT2D eigenvalue weighted by molar-refractivity contribution is 9.10. The lowest BCUT2D eigenvalue weighted by Gasteiger charge is -2.13. The van der Waals surface area contributed by atoms with E-state index in [0.717, 1.165) is 32.6 Å². The van der Waals surface area contributed by atoms with Crippen molar-refractivity contribution < 1.29 is 9.53 Å². The van der Waals surface area contributed by atoms with Crippen molar-refractivity contribution in [2.75, 3.05) is 12.0 Å². The molecule has 5 heteroatoms. The maximum atomic E-state index is 11.9. The van der Waals surface area contributed by atoms with Crippen LogP contribution in [0.5, 0.6) is 5.75 Å². The number of nitrogens with one attached hydrogen (secondary N) is 2. The molecule has 0 aliphatic heterocycles. The minimum atomic E-state index is -0.310. The number of aryl methyl sites for hydroxylation is 2. The van der Waals surface area contributed by atoms with Crippen molar-refractivity contribution in [3.05, 3.63) is 57.6 Å². The second-order valence-electron chi connectivity index (χ2n) is 5.10. The van der Waals surface area contributed by atoms with Gasteiger partial charge in [-0.05, 0) is 71.6 Å². The first-order chi connectivity index (χ1) is 10.5. The normalized spacial score (nSPS) is 10.2. The molecule has 0 bridgehead atoms. The largest absolute Gasteiger partial charge is 0.473 e. The molecule has 0 unspecified atom stereocenters. The van der Waals surface area contributed by atoms with Crippen LogP contribution >= 0.6 is 15.9 Å². The summed E-state index contributed by atoms with van der Waals surface area (Å²) in [6.07, 6.45) is 0. The first-order valence-corrected chi connectivity index (χ1v) is 7.76. The topological polar surface area (TPSA) is 50.4 Å². The number of benzene rings is 2. The summed E-state index contributed by atoms with van der Waals surface area (Å²) in [6.45, 7) is 6.12. The highest BCUT2D eigenvalue weighted by Gasteiger charge is 2.06. The van der Waals surface area contributed by atoms with Gasteiger partial charge in [0.15, 0.2) is 6.73 Å². The lowest BCUT2D eigenvalue weighted by molar-refractivity contribution is 0.234. The maximum Gasteiger partial charge on any atom is 0.321 e. The van der Waals surface area contributed by atoms with Crippen molar-refractivity contribution in [3.63, 3.8) is 0 Å². The Balaban J connectivity index is 1.87. The van der Waals surface area contributed by atoms with Crippen LogP contribution in [0.3, 0.4) is 0 Å². The Morgan fingerprint density at radius 2 is 1.95 bits per heavy atom. The number of carbonyl (C=O) groups is 1. The van der Waals surface area contributed by atoms with E-state index in [1.54, 1.807) is 0 Å². The van der Waals surface area contributed by atoms with E-state index in [1.807, 2.05) is 57.2 Å². The number of halogens is 1. The molecule has 4 nitrogen and oxygen atoms in total. The van der Waals surface area contributed by atoms with E-state index in [1.165, 1.54) is 0 Å². The van der Waals surface area contributed by atoms with E-state index in [9.17, 15) is 4.79 Å². The number of carbonyl (C=O) groups excluding carboxylic acids is 1. The number of anilines is 1. The van der Waals surface area contributed by atoms with Gasteiger partial charge in [-0.1, -0.05) is 18.2 Å². The maximum absolute atomic E-state index is 11.9. The molecule has 2 aromatic carbocycles. The highest BCUT2D eigenvalue weighted by Crippen LogP contribution is 2.23. The molecule has 0 aliphatic rings. The van der Waals surface area contributed by atoms with Crippen molar-refractivity contribution in [2.45, 2.75) is 20.8 Å². The van der Waals surface area contributed by atoms with Gasteiger partial charge in [0, 0.05) is 4.47 Å². The molecule has 0 saturated carbocycles. The second-order valence-corrected chi connectivity index (χ2v) is 5.96. The molecule has 0 radical (unpaired) electrons. The third-order valence-electron chi connectivity index (χ3n) is 3.39. The van der Waals surface area contributed by atoms with Gasteiger partial charge in [-0.15, -0.1) is 0 Å². The predicted octanol–water partition coefficient (Wildman–Crippen LogP) is 4.53. The minimum absolute atomic E-state index is 0.111. The van der Waals surface area contributed by atoms with Gasteiger partial charge in [-0.3, -0.25) is 0 Å². The molecule has 0 heterocycles. The summed E-state index contributed by atoms with van der Waals surface area (Å²) < 4.78 is 6.44. The van der Waals surface area contributed by atoms with Crippen LogP contribution in [0.15, 0.2) is 40.9 Å². The number of urea groups is 1. The van der Waals surface area contributed by atoms with Crippen LogP contribution in [-0.2, 0) is 0 Å². The van der Waals surface area contributed by atoms with Crippen molar-refractivity contribution in [3.8, 4) is 5.75 Å². The predicted molar refractivity (Wildman–Crippen MR) is 92.4 cm³/mol. The van der Waals surface area contributed by atoms with E-state index in [-0.39, 0.29) is 12.8 Å². The molecule has 2 rings (SSSR count). The van der Waals surface area contributed by atoms with Crippen LogP contribution in [0, 0.1) is 20.8 Å². The van der Waals surface area contributed by atoms with Gasteiger partial charge in [-0.2, -0.15) is 0 Å². The van der Waals surface area contributed by atoms with E-state index in [0.29, 0.717) is 0 Å². The Kier molecular flexibility index (Phi) is 5.44. The summed E-state index contributed by atoms with van der Waals surface area (Å²) in [5.41, 5.74) is 4.07. The molecule has 0 saturated heterocycles. The van der Waals surface area contributed by atoms with Gasteiger partial charge in [-0.25, -0.2) is 4.79 Å². The standard InChI is InChI=1S/C17H19BrN2O2/c1-11-7-8-15(14(18)9-11)20-17(21)19-10-22-16-6-4-5-12(2)13(16)3/h4-9H,10H2,1-3H3,(H2,19,20,21). The SMILES string of the molecule is Cc1ccc(NC(=O)NCOc2cccc(C)c2C)c(Br)c1. The fourth-order valence-corrected chi connectivity index (χ4v) is 2.54. The van der Waals surface area contributed by atoms with E-state index in [4.69, 9.17) is 4.74 Å². The van der Waals surface area contributed by atoms with Crippen LogP contribution in [0.2, 0.25) is 0 Å². The average Bonchev–Trinajstić information content (AvgIpc) is 2.46. The zero-order chi connectivity index (χ0) is 16.1. The lowest BCUT2D eigenvalue weighted by atomic mass is 10.1. The molecule has 22 heavy (non-hydrogen) atoms. The molecule has 0 spiro atoms. The summed E-state index contributed by atoms with van der Waals surface area (Å²) in [7, 11) is 0. The minimum Gasteiger partial charge on any atom is -0.473 e. The molecule has 2 N–H and O–H groups in total. The van der Waals surface area contributed by atoms with E-state index >= 15 is 0 Å². The Labute approximate surface area is 139 Å². The Morgan fingerprint density at radius 1 is 1.18 bits per heavy atom. The van der Waals surface area contributed by atoms with Crippen molar-refractivity contribution in [1.82, 2.24) is 5.32 Å². The third kappa shape index (κ3) is 4.24. The number of ether oxygens (including phenoxy) is 1. The summed E-state index contributed by atoms with van der Waals surface area (Å²) in [5.74, 6) is 0.775. The highest BCUT2D eigenvalue weighted by atomic mass is 79.9. The number of amides is 2. The molecule has 0 fully saturated rings. The van der Waals surface area contributed by atoms with Crippen LogP contribution in [0.25, 0.3) is 0 Å². The molecular formula is C17H19BrN2O2. The number of hydrogen-bond acceptors (Lipinski definition) is 2. The summed E-state index contributed by atoms with van der Waals surface area (Å²) in [5, 5.41) is 5.45. The van der Waals surface area contributed by atoms with E-state index < -0.39 is 0 Å². The molecule has 0 aromatic heterocycles. The zero-order valence-electron chi connectivity index (χ0n) is 12.9. The zero-order valence-corrected chi connectivity index (χ0v) is 14.5. The second kappa shape index (κ2) is 7.31. The Morgan fingerprint density at radius 3 is 2.68 bits per heavy atom. The van der Waals surface area contributed by atoms with Gasteiger partial charge in [0.2, 0.25) is 0 Å². The summed E-state index contributed by atoms with van der Waals surface area (Å²) in [4.78, 5) is 11.9. The fourth-order valence-electron chi connectivity index (χ4n) is 1.95. The lowest BCUT2D eigenvalue weighted by Crippen LogP contribution is -2.32. The van der Waals surface area contributed by atoms with Crippen LogP contribution < -0.4 is 15.4 Å². The molecule has 0 aliphatic carbocycles. The summed E-state index contributed by atoms with van der Waals surface area (Å²) in [6, 6.07) is 11.3. The molecular weight excluding hydrogens is 344 g/mol. The van der Waals surface area contributed by atoms with Gasteiger partial charge < -0.3 is 15.4 Å². The smallest absolute Gasteiger partial charge is 0.321 e. The quantitative estimate of drug-likeness (QED) is 0.784. The van der Waals surface area contributed by atoms with Crippen LogP contribution in [0.1, 0.15) is 16.7 Å². The van der Waals surface area contributed by atoms with E-state index in [2.05, 4.69) is 26.6 Å². The van der Waals surface area contributed by atoms with Gasteiger partial charge >= 0.3 is 6.03 Å². The Bertz CT molecular complexity index is 686. The summed E-state index contributed by atoms with van der Waals surface area (Å²) >= 11 is 3.42. The first kappa shape index (κ1) is 16.4. The van der Waals surface area contributed by atoms with Crippen molar-refractivity contribution >= 4 is 27.6 Å². The molecule has 2 amide bonds. The van der Waals surface area contributed by atoms with Gasteiger partial charge in [0.25, 0.3) is 0 Å².